The number of carbonyl (C=O) groups excluding carboxylic acids is 1. The van der Waals surface area contributed by atoms with Crippen molar-refractivity contribution in [1.29, 1.82) is 0 Å². The van der Waals surface area contributed by atoms with Gasteiger partial charge in [0.15, 0.2) is 0 Å². The zero-order valence-corrected chi connectivity index (χ0v) is 14.0. The van der Waals surface area contributed by atoms with Crippen molar-refractivity contribution in [2.45, 2.75) is 45.2 Å². The molecule has 2 aromatic rings. The molecule has 1 aliphatic rings. The second kappa shape index (κ2) is 6.15. The molecule has 1 aromatic carbocycles. The van der Waals surface area contributed by atoms with E-state index < -0.39 is 5.54 Å². The first-order valence-electron chi connectivity index (χ1n) is 8.19. The highest BCUT2D eigenvalue weighted by Gasteiger charge is 2.33. The third kappa shape index (κ3) is 3.07. The lowest BCUT2D eigenvalue weighted by Gasteiger charge is -2.37. The van der Waals surface area contributed by atoms with Gasteiger partial charge in [-0.15, -0.1) is 0 Å². The SMILES string of the molecule is Cc1cc(O)cc(=O)n1CC(=O)N[C@@]1(C)CCCc2ccccc21. The third-order valence-corrected chi connectivity index (χ3v) is 4.77. The number of aryl methyl sites for hydroxylation is 2. The number of nitrogens with zero attached hydrogens (tertiary/aromatic N) is 1. The van der Waals surface area contributed by atoms with Crippen molar-refractivity contribution in [1.82, 2.24) is 9.88 Å². The summed E-state index contributed by atoms with van der Waals surface area (Å²) in [5.41, 5.74) is 2.19. The molecule has 1 amide bonds. The Morgan fingerprint density at radius 2 is 2.08 bits per heavy atom. The molecule has 0 aliphatic heterocycles. The van der Waals surface area contributed by atoms with Crippen LogP contribution in [0.3, 0.4) is 0 Å². The summed E-state index contributed by atoms with van der Waals surface area (Å²) in [7, 11) is 0. The third-order valence-electron chi connectivity index (χ3n) is 4.77. The van der Waals surface area contributed by atoms with E-state index in [1.165, 1.54) is 16.2 Å². The zero-order chi connectivity index (χ0) is 17.3. The molecule has 0 bridgehead atoms. The van der Waals surface area contributed by atoms with Crippen LogP contribution in [-0.4, -0.2) is 15.6 Å². The van der Waals surface area contributed by atoms with Crippen molar-refractivity contribution in [3.63, 3.8) is 0 Å². The molecule has 5 heteroatoms. The highest BCUT2D eigenvalue weighted by Crippen LogP contribution is 2.34. The highest BCUT2D eigenvalue weighted by molar-refractivity contribution is 5.77. The van der Waals surface area contributed by atoms with Gasteiger partial charge in [0.1, 0.15) is 12.3 Å². The Hall–Kier alpha value is -2.56. The van der Waals surface area contributed by atoms with Crippen molar-refractivity contribution in [3.8, 4) is 5.75 Å². The molecule has 3 rings (SSSR count). The lowest BCUT2D eigenvalue weighted by atomic mass is 9.78. The van der Waals surface area contributed by atoms with Gasteiger partial charge in [-0.2, -0.15) is 0 Å². The van der Waals surface area contributed by atoms with Gasteiger partial charge in [0, 0.05) is 11.8 Å². The second-order valence-electron chi connectivity index (χ2n) is 6.67. The van der Waals surface area contributed by atoms with Crippen molar-refractivity contribution in [2.75, 3.05) is 0 Å². The Kier molecular flexibility index (Phi) is 4.18. The molecule has 1 aromatic heterocycles. The predicted octanol–water partition coefficient (Wildman–Crippen LogP) is 2.23. The van der Waals surface area contributed by atoms with E-state index in [0.717, 1.165) is 30.9 Å². The molecule has 0 saturated carbocycles. The van der Waals surface area contributed by atoms with Crippen LogP contribution in [0.1, 0.15) is 36.6 Å². The number of aromatic hydroxyl groups is 1. The number of rotatable bonds is 3. The molecule has 5 nitrogen and oxygen atoms in total. The molecule has 2 N–H and O–H groups in total. The van der Waals surface area contributed by atoms with Gasteiger partial charge in [0.25, 0.3) is 5.56 Å². The van der Waals surface area contributed by atoms with Crippen molar-refractivity contribution in [2.24, 2.45) is 0 Å². The average molecular weight is 326 g/mol. The monoisotopic (exact) mass is 326 g/mol. The van der Waals surface area contributed by atoms with E-state index >= 15 is 0 Å². The molecule has 0 fully saturated rings. The molecule has 0 spiro atoms. The maximum absolute atomic E-state index is 12.6. The summed E-state index contributed by atoms with van der Waals surface area (Å²) in [6.45, 7) is 3.68. The second-order valence-corrected chi connectivity index (χ2v) is 6.67. The Morgan fingerprint density at radius 1 is 1.33 bits per heavy atom. The Balaban J connectivity index is 1.82. The van der Waals surface area contributed by atoms with Gasteiger partial charge < -0.3 is 15.0 Å². The summed E-state index contributed by atoms with van der Waals surface area (Å²) in [6.07, 6.45) is 2.92. The number of fused-ring (bicyclic) bond motifs is 1. The average Bonchev–Trinajstić information content (AvgIpc) is 2.51. The number of benzene rings is 1. The first kappa shape index (κ1) is 16.3. The molecule has 1 atom stereocenters. The number of nitrogens with one attached hydrogen (secondary N) is 1. The maximum atomic E-state index is 12.6. The summed E-state index contributed by atoms with van der Waals surface area (Å²) in [5.74, 6) is -0.285. The van der Waals surface area contributed by atoms with Gasteiger partial charge >= 0.3 is 0 Å². The topological polar surface area (TPSA) is 71.3 Å². The fourth-order valence-corrected chi connectivity index (χ4v) is 3.58. The van der Waals surface area contributed by atoms with Crippen molar-refractivity contribution < 1.29 is 9.90 Å². The number of pyridine rings is 1. The summed E-state index contributed by atoms with van der Waals surface area (Å²) < 4.78 is 1.37. The summed E-state index contributed by atoms with van der Waals surface area (Å²) in [5, 5.41) is 12.6. The number of carbonyl (C=O) groups is 1. The highest BCUT2D eigenvalue weighted by atomic mass is 16.3. The largest absolute Gasteiger partial charge is 0.508 e. The standard InChI is InChI=1S/C19H22N2O3/c1-13-10-15(22)11-18(24)21(13)12-17(23)20-19(2)9-5-7-14-6-3-4-8-16(14)19/h3-4,6,8,10-11,22H,5,7,9,12H2,1-2H3,(H,20,23)/t19-/m0/s1. The fraction of sp³-hybridized carbons (Fsp3) is 0.368. The quantitative estimate of drug-likeness (QED) is 0.908. The number of aromatic nitrogens is 1. The molecule has 0 saturated heterocycles. The Labute approximate surface area is 140 Å². The Bertz CT molecular complexity index is 841. The maximum Gasteiger partial charge on any atom is 0.254 e. The van der Waals surface area contributed by atoms with Crippen LogP contribution in [-0.2, 0) is 23.3 Å². The van der Waals surface area contributed by atoms with Gasteiger partial charge in [0.05, 0.1) is 5.54 Å². The van der Waals surface area contributed by atoms with Crippen molar-refractivity contribution >= 4 is 5.91 Å². The van der Waals surface area contributed by atoms with Crippen molar-refractivity contribution in [3.05, 3.63) is 63.6 Å². The van der Waals surface area contributed by atoms with Crippen LogP contribution in [0.25, 0.3) is 0 Å². The summed E-state index contributed by atoms with van der Waals surface area (Å²) in [6, 6.07) is 10.8. The summed E-state index contributed by atoms with van der Waals surface area (Å²) in [4.78, 5) is 24.5. The van der Waals surface area contributed by atoms with Crippen LogP contribution in [0.4, 0.5) is 0 Å². The van der Waals surface area contributed by atoms with Crippen LogP contribution >= 0.6 is 0 Å². The minimum absolute atomic E-state index is 0.0529. The number of hydrogen-bond acceptors (Lipinski definition) is 3. The van der Waals surface area contributed by atoms with Gasteiger partial charge in [-0.25, -0.2) is 0 Å². The van der Waals surface area contributed by atoms with Gasteiger partial charge in [-0.05, 0) is 50.3 Å². The van der Waals surface area contributed by atoms with Crippen LogP contribution in [0.15, 0.2) is 41.2 Å². The van der Waals surface area contributed by atoms with E-state index in [4.69, 9.17) is 0 Å². The van der Waals surface area contributed by atoms with Crippen LogP contribution < -0.4 is 10.9 Å². The Morgan fingerprint density at radius 3 is 2.83 bits per heavy atom. The van der Waals surface area contributed by atoms with Gasteiger partial charge in [-0.3, -0.25) is 9.59 Å². The minimum atomic E-state index is -0.416. The number of hydrogen-bond donors (Lipinski definition) is 2. The van der Waals surface area contributed by atoms with Gasteiger partial charge in [-0.1, -0.05) is 24.3 Å². The normalized spacial score (nSPS) is 19.6. The first-order valence-corrected chi connectivity index (χ1v) is 8.19. The lowest BCUT2D eigenvalue weighted by molar-refractivity contribution is -0.123. The molecule has 126 valence electrons. The first-order chi connectivity index (χ1) is 11.4. The van der Waals surface area contributed by atoms with Crippen LogP contribution in [0.5, 0.6) is 5.75 Å². The molecule has 0 unspecified atom stereocenters. The van der Waals surface area contributed by atoms with E-state index in [0.29, 0.717) is 5.69 Å². The predicted molar refractivity (Wildman–Crippen MR) is 92.0 cm³/mol. The van der Waals surface area contributed by atoms with Crippen LogP contribution in [0.2, 0.25) is 0 Å². The van der Waals surface area contributed by atoms with E-state index in [1.54, 1.807) is 6.92 Å². The molecule has 0 radical (unpaired) electrons. The van der Waals surface area contributed by atoms with E-state index in [2.05, 4.69) is 17.4 Å². The fourth-order valence-electron chi connectivity index (χ4n) is 3.58. The van der Waals surface area contributed by atoms with E-state index in [-0.39, 0.29) is 23.8 Å². The molecule has 1 aliphatic carbocycles. The minimum Gasteiger partial charge on any atom is -0.508 e. The van der Waals surface area contributed by atoms with E-state index in [9.17, 15) is 14.7 Å². The molecule has 1 heterocycles. The molecular formula is C19H22N2O3. The smallest absolute Gasteiger partial charge is 0.254 e. The molecule has 24 heavy (non-hydrogen) atoms. The molecular weight excluding hydrogens is 304 g/mol. The van der Waals surface area contributed by atoms with Crippen LogP contribution in [0, 0.1) is 6.92 Å². The van der Waals surface area contributed by atoms with Gasteiger partial charge in [0.2, 0.25) is 5.91 Å². The summed E-state index contributed by atoms with van der Waals surface area (Å²) >= 11 is 0. The number of amides is 1. The zero-order valence-electron chi connectivity index (χ0n) is 14.0. The van der Waals surface area contributed by atoms with E-state index in [1.807, 2.05) is 19.1 Å². The lowest BCUT2D eigenvalue weighted by Crippen LogP contribution is -2.47.